The molecule has 0 aliphatic carbocycles. The highest BCUT2D eigenvalue weighted by Crippen LogP contribution is 2.11. The van der Waals surface area contributed by atoms with Gasteiger partial charge in [-0.05, 0) is 54.7 Å². The third kappa shape index (κ3) is 4.87. The average molecular weight is 371 g/mol. The SMILES string of the molecule is CNC(=O)c1cccc(NC(=S)NC(=O)c2ccc(C(=O)OC)cc2)c1. The molecule has 134 valence electrons. The van der Waals surface area contributed by atoms with Gasteiger partial charge in [0.1, 0.15) is 0 Å². The topological polar surface area (TPSA) is 96.5 Å². The van der Waals surface area contributed by atoms with Crippen molar-refractivity contribution < 1.29 is 19.1 Å². The molecule has 3 N–H and O–H groups in total. The zero-order valence-corrected chi connectivity index (χ0v) is 15.0. The first-order chi connectivity index (χ1) is 12.4. The van der Waals surface area contributed by atoms with E-state index in [-0.39, 0.29) is 11.0 Å². The van der Waals surface area contributed by atoms with Gasteiger partial charge in [0, 0.05) is 23.9 Å². The lowest BCUT2D eigenvalue weighted by molar-refractivity contribution is 0.0600. The molecule has 0 spiro atoms. The van der Waals surface area contributed by atoms with Gasteiger partial charge in [0.2, 0.25) is 0 Å². The number of methoxy groups -OCH3 is 1. The fourth-order valence-corrected chi connectivity index (χ4v) is 2.31. The fraction of sp³-hybridized carbons (Fsp3) is 0.111. The smallest absolute Gasteiger partial charge is 0.337 e. The third-order valence-corrected chi connectivity index (χ3v) is 3.61. The first kappa shape index (κ1) is 19.1. The van der Waals surface area contributed by atoms with E-state index in [1.54, 1.807) is 31.3 Å². The minimum atomic E-state index is -0.481. The summed E-state index contributed by atoms with van der Waals surface area (Å²) < 4.78 is 4.60. The van der Waals surface area contributed by atoms with E-state index in [4.69, 9.17) is 12.2 Å². The van der Waals surface area contributed by atoms with E-state index >= 15 is 0 Å². The fourth-order valence-electron chi connectivity index (χ4n) is 2.10. The molecular formula is C18H17N3O4S. The molecular weight excluding hydrogens is 354 g/mol. The van der Waals surface area contributed by atoms with E-state index in [0.717, 1.165) is 0 Å². The summed E-state index contributed by atoms with van der Waals surface area (Å²) in [5.74, 6) is -1.14. The Kier molecular flexibility index (Phi) is 6.40. The lowest BCUT2D eigenvalue weighted by Gasteiger charge is -2.11. The number of carbonyl (C=O) groups excluding carboxylic acids is 3. The Morgan fingerprint density at radius 3 is 2.19 bits per heavy atom. The number of anilines is 1. The summed E-state index contributed by atoms with van der Waals surface area (Å²) in [6.07, 6.45) is 0. The zero-order chi connectivity index (χ0) is 19.1. The maximum absolute atomic E-state index is 12.2. The van der Waals surface area contributed by atoms with Crippen molar-refractivity contribution in [3.05, 3.63) is 65.2 Å². The largest absolute Gasteiger partial charge is 0.465 e. The summed E-state index contributed by atoms with van der Waals surface area (Å²) >= 11 is 5.12. The van der Waals surface area contributed by atoms with E-state index in [1.807, 2.05) is 0 Å². The number of thiocarbonyl (C=S) groups is 1. The monoisotopic (exact) mass is 371 g/mol. The molecule has 0 aliphatic rings. The molecule has 0 saturated heterocycles. The second-order valence-corrected chi connectivity index (χ2v) is 5.55. The minimum Gasteiger partial charge on any atom is -0.465 e. The molecule has 2 rings (SSSR count). The molecule has 7 nitrogen and oxygen atoms in total. The molecule has 0 heterocycles. The van der Waals surface area contributed by atoms with E-state index in [2.05, 4.69) is 20.7 Å². The summed E-state index contributed by atoms with van der Waals surface area (Å²) in [6.45, 7) is 0. The van der Waals surface area contributed by atoms with Crippen molar-refractivity contribution in [1.82, 2.24) is 10.6 Å². The van der Waals surface area contributed by atoms with Gasteiger partial charge in [-0.1, -0.05) is 6.07 Å². The highest BCUT2D eigenvalue weighted by Gasteiger charge is 2.11. The minimum absolute atomic E-state index is 0.0844. The molecule has 0 unspecified atom stereocenters. The summed E-state index contributed by atoms with van der Waals surface area (Å²) in [5.41, 5.74) is 1.71. The van der Waals surface area contributed by atoms with Crippen LogP contribution < -0.4 is 16.0 Å². The average Bonchev–Trinajstić information content (AvgIpc) is 2.66. The molecule has 2 aromatic carbocycles. The molecule has 2 amide bonds. The number of benzene rings is 2. The molecule has 0 radical (unpaired) electrons. The number of nitrogens with one attached hydrogen (secondary N) is 3. The molecule has 8 heteroatoms. The number of rotatable bonds is 4. The summed E-state index contributed by atoms with van der Waals surface area (Å²) in [7, 11) is 2.82. The number of hydrogen-bond donors (Lipinski definition) is 3. The second-order valence-electron chi connectivity index (χ2n) is 5.14. The first-order valence-electron chi connectivity index (χ1n) is 7.57. The molecule has 0 aromatic heterocycles. The van der Waals surface area contributed by atoms with Gasteiger partial charge in [-0.25, -0.2) is 4.79 Å². The van der Waals surface area contributed by atoms with Crippen molar-refractivity contribution in [2.75, 3.05) is 19.5 Å². The lowest BCUT2D eigenvalue weighted by atomic mass is 10.1. The summed E-state index contributed by atoms with van der Waals surface area (Å²) in [5, 5.41) is 8.00. The first-order valence-corrected chi connectivity index (χ1v) is 7.98. The highest BCUT2D eigenvalue weighted by atomic mass is 32.1. The molecule has 0 fully saturated rings. The maximum Gasteiger partial charge on any atom is 0.337 e. The van der Waals surface area contributed by atoms with Gasteiger partial charge in [0.15, 0.2) is 5.11 Å². The predicted molar refractivity (Wildman–Crippen MR) is 101 cm³/mol. The molecule has 0 saturated carbocycles. The summed E-state index contributed by atoms with van der Waals surface area (Å²) in [4.78, 5) is 35.2. The van der Waals surface area contributed by atoms with Crippen molar-refractivity contribution in [3.63, 3.8) is 0 Å². The van der Waals surface area contributed by atoms with Gasteiger partial charge in [-0.2, -0.15) is 0 Å². The van der Waals surface area contributed by atoms with Crippen molar-refractivity contribution in [3.8, 4) is 0 Å². The molecule has 0 atom stereocenters. The highest BCUT2D eigenvalue weighted by molar-refractivity contribution is 7.80. The van der Waals surface area contributed by atoms with E-state index in [9.17, 15) is 14.4 Å². The van der Waals surface area contributed by atoms with Crippen molar-refractivity contribution in [2.45, 2.75) is 0 Å². The van der Waals surface area contributed by atoms with Crippen molar-refractivity contribution in [2.24, 2.45) is 0 Å². The van der Waals surface area contributed by atoms with Crippen LogP contribution in [-0.4, -0.2) is 37.1 Å². The van der Waals surface area contributed by atoms with E-state index in [0.29, 0.717) is 22.4 Å². The van der Waals surface area contributed by atoms with Crippen LogP contribution in [0.3, 0.4) is 0 Å². The second kappa shape index (κ2) is 8.72. The van der Waals surface area contributed by atoms with Crippen molar-refractivity contribution in [1.29, 1.82) is 0 Å². The van der Waals surface area contributed by atoms with Crippen molar-refractivity contribution >= 4 is 40.8 Å². The predicted octanol–water partition coefficient (Wildman–Crippen LogP) is 1.96. The van der Waals surface area contributed by atoms with Crippen LogP contribution in [0.25, 0.3) is 0 Å². The normalized spacial score (nSPS) is 9.77. The Labute approximate surface area is 155 Å². The zero-order valence-electron chi connectivity index (χ0n) is 14.2. The van der Waals surface area contributed by atoms with Crippen LogP contribution in [0.15, 0.2) is 48.5 Å². The Hall–Kier alpha value is -3.26. The molecule has 26 heavy (non-hydrogen) atoms. The van der Waals surface area contributed by atoms with Crippen LogP contribution >= 0.6 is 12.2 Å². The third-order valence-electron chi connectivity index (χ3n) is 3.40. The number of carbonyl (C=O) groups is 3. The molecule has 0 aliphatic heterocycles. The standard InChI is InChI=1S/C18H17N3O4S/c1-19-15(22)13-4-3-5-14(10-13)20-18(26)21-16(23)11-6-8-12(9-7-11)17(24)25-2/h3-10H,1-2H3,(H,19,22)(H2,20,21,23,26). The summed E-state index contributed by atoms with van der Waals surface area (Å²) in [6, 6.07) is 12.7. The van der Waals surface area contributed by atoms with Crippen LogP contribution in [0.1, 0.15) is 31.1 Å². The number of amides is 2. The van der Waals surface area contributed by atoms with Gasteiger partial charge < -0.3 is 15.4 Å². The maximum atomic E-state index is 12.2. The van der Waals surface area contributed by atoms with Gasteiger partial charge in [-0.15, -0.1) is 0 Å². The number of esters is 1. The lowest BCUT2D eigenvalue weighted by Crippen LogP contribution is -2.34. The van der Waals surface area contributed by atoms with Crippen LogP contribution in [0.4, 0.5) is 5.69 Å². The van der Waals surface area contributed by atoms with Gasteiger partial charge in [0.25, 0.3) is 11.8 Å². The van der Waals surface area contributed by atoms with Gasteiger partial charge in [-0.3, -0.25) is 14.9 Å². The Bertz CT molecular complexity index is 850. The number of ether oxygens (including phenoxy) is 1. The van der Waals surface area contributed by atoms with Crippen LogP contribution in [0.2, 0.25) is 0 Å². The van der Waals surface area contributed by atoms with Crippen LogP contribution in [0.5, 0.6) is 0 Å². The van der Waals surface area contributed by atoms with Crippen LogP contribution in [-0.2, 0) is 4.74 Å². The van der Waals surface area contributed by atoms with Crippen LogP contribution in [0, 0.1) is 0 Å². The van der Waals surface area contributed by atoms with Gasteiger partial charge >= 0.3 is 5.97 Å². The number of hydrogen-bond acceptors (Lipinski definition) is 5. The van der Waals surface area contributed by atoms with Gasteiger partial charge in [0.05, 0.1) is 12.7 Å². The Morgan fingerprint density at radius 2 is 1.58 bits per heavy atom. The quantitative estimate of drug-likeness (QED) is 0.562. The van der Waals surface area contributed by atoms with E-state index in [1.165, 1.54) is 31.4 Å². The Balaban J connectivity index is 2.00. The molecule has 2 aromatic rings. The van der Waals surface area contributed by atoms with E-state index < -0.39 is 11.9 Å². The Morgan fingerprint density at radius 1 is 0.923 bits per heavy atom. The molecule has 0 bridgehead atoms.